The van der Waals surface area contributed by atoms with Crippen LogP contribution in [0.5, 0.6) is 5.75 Å². The number of hydrogen-bond acceptors (Lipinski definition) is 3. The van der Waals surface area contributed by atoms with Crippen molar-refractivity contribution in [2.45, 2.75) is 50.9 Å². The summed E-state index contributed by atoms with van der Waals surface area (Å²) < 4.78 is 5.11. The van der Waals surface area contributed by atoms with Crippen LogP contribution in [-0.2, 0) is 10.2 Å². The van der Waals surface area contributed by atoms with Crippen molar-refractivity contribution in [3.63, 3.8) is 0 Å². The zero-order chi connectivity index (χ0) is 23.1. The van der Waals surface area contributed by atoms with Crippen molar-refractivity contribution < 1.29 is 9.53 Å². The molecule has 4 bridgehead atoms. The normalized spacial score (nSPS) is 27.3. The topological polar surface area (TPSA) is 38.7 Å². The van der Waals surface area contributed by atoms with Crippen LogP contribution < -0.4 is 4.74 Å². The lowest BCUT2D eigenvalue weighted by Gasteiger charge is -2.57. The van der Waals surface area contributed by atoms with Gasteiger partial charge in [-0.15, -0.1) is 0 Å². The van der Waals surface area contributed by atoms with Gasteiger partial charge in [-0.25, -0.2) is 0 Å². The Morgan fingerprint density at radius 1 is 0.794 bits per heavy atom. The van der Waals surface area contributed by atoms with Crippen molar-refractivity contribution >= 4 is 17.9 Å². The van der Waals surface area contributed by atoms with Gasteiger partial charge in [0, 0.05) is 13.1 Å². The standard InChI is InChI=1S/C31H31NO2/c1-21(33)34-30-12-6-27(7-13-30)26-4-2-22(3-5-26)20-32-29-10-8-28(9-11-29)31-17-23-14-24(18-31)16-25(15-23)19-31/h2-13,20,23-25H,14-19H2,1H3. The van der Waals surface area contributed by atoms with Crippen LogP contribution in [-0.4, -0.2) is 12.2 Å². The maximum absolute atomic E-state index is 11.1. The molecule has 0 radical (unpaired) electrons. The Morgan fingerprint density at radius 3 is 1.85 bits per heavy atom. The molecule has 4 aliphatic rings. The molecule has 0 spiro atoms. The van der Waals surface area contributed by atoms with Crippen molar-refractivity contribution in [1.29, 1.82) is 0 Å². The van der Waals surface area contributed by atoms with Crippen LogP contribution in [0.4, 0.5) is 5.69 Å². The molecule has 34 heavy (non-hydrogen) atoms. The predicted molar refractivity (Wildman–Crippen MR) is 137 cm³/mol. The molecule has 3 heteroatoms. The number of ether oxygens (including phenoxy) is 1. The van der Waals surface area contributed by atoms with Crippen molar-refractivity contribution in [2.75, 3.05) is 0 Å². The first kappa shape index (κ1) is 21.3. The lowest BCUT2D eigenvalue weighted by molar-refractivity contribution is -0.131. The monoisotopic (exact) mass is 449 g/mol. The van der Waals surface area contributed by atoms with Gasteiger partial charge < -0.3 is 4.74 Å². The van der Waals surface area contributed by atoms with Crippen LogP contribution in [0, 0.1) is 17.8 Å². The minimum Gasteiger partial charge on any atom is -0.427 e. The van der Waals surface area contributed by atoms with Crippen LogP contribution >= 0.6 is 0 Å². The number of carbonyl (C=O) groups excluding carboxylic acids is 1. The molecule has 0 amide bonds. The van der Waals surface area contributed by atoms with E-state index in [4.69, 9.17) is 9.73 Å². The highest BCUT2D eigenvalue weighted by atomic mass is 16.5. The van der Waals surface area contributed by atoms with Crippen molar-refractivity contribution in [3.8, 4) is 16.9 Å². The number of esters is 1. The molecule has 4 saturated carbocycles. The first-order valence-corrected chi connectivity index (χ1v) is 12.6. The Hall–Kier alpha value is -3.20. The largest absolute Gasteiger partial charge is 0.427 e. The molecule has 0 unspecified atom stereocenters. The maximum atomic E-state index is 11.1. The van der Waals surface area contributed by atoms with E-state index in [-0.39, 0.29) is 5.97 Å². The van der Waals surface area contributed by atoms with Crippen molar-refractivity contribution in [2.24, 2.45) is 22.7 Å². The van der Waals surface area contributed by atoms with Gasteiger partial charge in [0.2, 0.25) is 0 Å². The van der Waals surface area contributed by atoms with Crippen LogP contribution in [0.3, 0.4) is 0 Å². The van der Waals surface area contributed by atoms with Gasteiger partial charge in [0.25, 0.3) is 0 Å². The molecule has 0 atom stereocenters. The Balaban J connectivity index is 1.12. The molecule has 0 aromatic heterocycles. The smallest absolute Gasteiger partial charge is 0.308 e. The predicted octanol–water partition coefficient (Wildman–Crippen LogP) is 7.50. The van der Waals surface area contributed by atoms with E-state index in [0.717, 1.165) is 40.1 Å². The fourth-order valence-electron chi connectivity index (χ4n) is 7.16. The van der Waals surface area contributed by atoms with E-state index in [1.807, 2.05) is 30.5 Å². The van der Waals surface area contributed by atoms with Crippen LogP contribution in [0.2, 0.25) is 0 Å². The first-order valence-electron chi connectivity index (χ1n) is 12.6. The summed E-state index contributed by atoms with van der Waals surface area (Å²) in [7, 11) is 0. The van der Waals surface area contributed by atoms with Crippen LogP contribution in [0.15, 0.2) is 77.8 Å². The number of benzene rings is 3. The highest BCUT2D eigenvalue weighted by Gasteiger charge is 2.51. The van der Waals surface area contributed by atoms with Gasteiger partial charge in [-0.1, -0.05) is 48.5 Å². The molecule has 0 heterocycles. The van der Waals surface area contributed by atoms with Crippen molar-refractivity contribution in [3.05, 3.63) is 83.9 Å². The molecule has 4 fully saturated rings. The molecule has 3 nitrogen and oxygen atoms in total. The summed E-state index contributed by atoms with van der Waals surface area (Å²) in [6.45, 7) is 1.41. The van der Waals surface area contributed by atoms with E-state index in [1.54, 1.807) is 5.56 Å². The molecule has 3 aromatic rings. The van der Waals surface area contributed by atoms with E-state index in [2.05, 4.69) is 48.5 Å². The highest BCUT2D eigenvalue weighted by Crippen LogP contribution is 2.60. The van der Waals surface area contributed by atoms with Gasteiger partial charge in [0.1, 0.15) is 5.75 Å². The second kappa shape index (κ2) is 8.54. The van der Waals surface area contributed by atoms with Gasteiger partial charge in [-0.05, 0) is 108 Å². The van der Waals surface area contributed by atoms with Gasteiger partial charge in [-0.3, -0.25) is 9.79 Å². The number of nitrogens with zero attached hydrogens (tertiary/aromatic N) is 1. The van der Waals surface area contributed by atoms with Gasteiger partial charge in [0.15, 0.2) is 0 Å². The lowest BCUT2D eigenvalue weighted by atomic mass is 9.48. The van der Waals surface area contributed by atoms with E-state index >= 15 is 0 Å². The number of aliphatic imine (C=N–C) groups is 1. The molecule has 3 aromatic carbocycles. The lowest BCUT2D eigenvalue weighted by Crippen LogP contribution is -2.48. The van der Waals surface area contributed by atoms with E-state index < -0.39 is 0 Å². The summed E-state index contributed by atoms with van der Waals surface area (Å²) in [5.41, 5.74) is 6.29. The summed E-state index contributed by atoms with van der Waals surface area (Å²) in [5, 5.41) is 0. The molecular weight excluding hydrogens is 418 g/mol. The molecule has 172 valence electrons. The SMILES string of the molecule is CC(=O)Oc1ccc(-c2ccc(C=Nc3ccc(C45CC6CC(CC(C6)C4)C5)cc3)cc2)cc1. The fraction of sp³-hybridized carbons (Fsp3) is 0.355. The van der Waals surface area contributed by atoms with E-state index in [1.165, 1.54) is 45.4 Å². The number of carbonyl (C=O) groups is 1. The third-order valence-electron chi connectivity index (χ3n) is 8.24. The zero-order valence-electron chi connectivity index (χ0n) is 19.7. The highest BCUT2D eigenvalue weighted by molar-refractivity contribution is 5.83. The first-order chi connectivity index (χ1) is 16.5. The summed E-state index contributed by atoms with van der Waals surface area (Å²) in [6.07, 6.45) is 10.6. The molecule has 7 rings (SSSR count). The minimum atomic E-state index is -0.307. The molecule has 0 N–H and O–H groups in total. The minimum absolute atomic E-state index is 0.307. The average Bonchev–Trinajstić information content (AvgIpc) is 2.83. The summed E-state index contributed by atoms with van der Waals surface area (Å²) in [4.78, 5) is 15.8. The second-order valence-corrected chi connectivity index (χ2v) is 10.7. The van der Waals surface area contributed by atoms with Gasteiger partial charge in [0.05, 0.1) is 5.69 Å². The van der Waals surface area contributed by atoms with Crippen LogP contribution in [0.1, 0.15) is 56.6 Å². The third kappa shape index (κ3) is 4.20. The zero-order valence-corrected chi connectivity index (χ0v) is 19.7. The van der Waals surface area contributed by atoms with Gasteiger partial charge >= 0.3 is 5.97 Å². The quantitative estimate of drug-likeness (QED) is 0.230. The maximum Gasteiger partial charge on any atom is 0.308 e. The Bertz CT molecular complexity index is 1170. The third-order valence-corrected chi connectivity index (χ3v) is 8.24. The van der Waals surface area contributed by atoms with Gasteiger partial charge in [-0.2, -0.15) is 0 Å². The summed E-state index contributed by atoms with van der Waals surface area (Å²) in [6, 6.07) is 25.0. The van der Waals surface area contributed by atoms with Crippen LogP contribution in [0.25, 0.3) is 11.1 Å². The van der Waals surface area contributed by atoms with E-state index in [9.17, 15) is 4.79 Å². The molecule has 0 saturated heterocycles. The molecular formula is C31H31NO2. The Labute approximate surface area is 201 Å². The molecule has 0 aliphatic heterocycles. The number of hydrogen-bond donors (Lipinski definition) is 0. The Kier molecular flexibility index (Phi) is 5.36. The Morgan fingerprint density at radius 2 is 1.32 bits per heavy atom. The molecule has 4 aliphatic carbocycles. The average molecular weight is 450 g/mol. The fourth-order valence-corrected chi connectivity index (χ4v) is 7.16. The number of rotatable bonds is 5. The summed E-state index contributed by atoms with van der Waals surface area (Å²) >= 11 is 0. The second-order valence-electron chi connectivity index (χ2n) is 10.7. The van der Waals surface area contributed by atoms with E-state index in [0.29, 0.717) is 11.2 Å². The van der Waals surface area contributed by atoms with Crippen molar-refractivity contribution in [1.82, 2.24) is 0 Å². The summed E-state index contributed by atoms with van der Waals surface area (Å²) in [5.74, 6) is 3.17.